The van der Waals surface area contributed by atoms with Crippen LogP contribution in [0.25, 0.3) is 0 Å². The van der Waals surface area contributed by atoms with Crippen LogP contribution in [-0.2, 0) is 4.74 Å². The average Bonchev–Trinajstić information content (AvgIpc) is 3.08. The first-order chi connectivity index (χ1) is 9.33. The molecule has 3 aliphatic rings. The molecule has 1 unspecified atom stereocenters. The highest BCUT2D eigenvalue weighted by Gasteiger charge is 2.42. The molecule has 1 heterocycles. The van der Waals surface area contributed by atoms with Crippen molar-refractivity contribution >= 4 is 0 Å². The molecule has 0 aromatic rings. The molecule has 3 fully saturated rings. The molecule has 3 rings (SSSR count). The molecule has 2 N–H and O–H groups in total. The van der Waals surface area contributed by atoms with E-state index in [2.05, 4.69) is 4.90 Å². The molecular weight excluding hydrogens is 236 g/mol. The second-order valence-corrected chi connectivity index (χ2v) is 6.85. The topological polar surface area (TPSA) is 38.5 Å². The van der Waals surface area contributed by atoms with Crippen molar-refractivity contribution in [3.05, 3.63) is 0 Å². The van der Waals surface area contributed by atoms with E-state index >= 15 is 0 Å². The molecule has 2 aliphatic carbocycles. The Labute approximate surface area is 117 Å². The molecule has 110 valence electrons. The third kappa shape index (κ3) is 2.98. The summed E-state index contributed by atoms with van der Waals surface area (Å²) in [4.78, 5) is 2.76. The van der Waals surface area contributed by atoms with E-state index < -0.39 is 0 Å². The summed E-state index contributed by atoms with van der Waals surface area (Å²) in [5.74, 6) is 0. The number of nitrogens with two attached hydrogens (primary N) is 1. The molecule has 0 aromatic heterocycles. The molecule has 2 saturated carbocycles. The Kier molecular flexibility index (Phi) is 4.45. The van der Waals surface area contributed by atoms with Gasteiger partial charge in [0.15, 0.2) is 0 Å². The lowest BCUT2D eigenvalue weighted by atomic mass is 9.87. The van der Waals surface area contributed by atoms with Gasteiger partial charge in [0.05, 0.1) is 5.60 Å². The minimum Gasteiger partial charge on any atom is -0.375 e. The predicted molar refractivity (Wildman–Crippen MR) is 78.2 cm³/mol. The maximum atomic E-state index is 6.19. The van der Waals surface area contributed by atoms with Crippen LogP contribution in [0.1, 0.15) is 64.2 Å². The Hall–Kier alpha value is -0.120. The van der Waals surface area contributed by atoms with Gasteiger partial charge in [-0.1, -0.05) is 25.7 Å². The minimum atomic E-state index is 0.244. The lowest BCUT2D eigenvalue weighted by Crippen LogP contribution is -2.51. The summed E-state index contributed by atoms with van der Waals surface area (Å²) in [6.07, 6.45) is 13.4. The Morgan fingerprint density at radius 3 is 2.42 bits per heavy atom. The van der Waals surface area contributed by atoms with Gasteiger partial charge < -0.3 is 10.5 Å². The van der Waals surface area contributed by atoms with Gasteiger partial charge in [0.25, 0.3) is 0 Å². The average molecular weight is 266 g/mol. The summed E-state index contributed by atoms with van der Waals surface area (Å²) in [6.45, 7) is 2.87. The van der Waals surface area contributed by atoms with Gasteiger partial charge in [-0.15, -0.1) is 0 Å². The monoisotopic (exact) mass is 266 g/mol. The first-order valence-electron chi connectivity index (χ1n) is 8.43. The molecule has 3 nitrogen and oxygen atoms in total. The summed E-state index contributed by atoms with van der Waals surface area (Å²) < 4.78 is 6.19. The molecule has 0 amide bonds. The number of rotatable bonds is 4. The van der Waals surface area contributed by atoms with E-state index in [0.29, 0.717) is 0 Å². The predicted octanol–water partition coefficient (Wildman–Crippen LogP) is 2.68. The van der Waals surface area contributed by atoms with E-state index in [1.54, 1.807) is 0 Å². The van der Waals surface area contributed by atoms with Crippen LogP contribution in [0.5, 0.6) is 0 Å². The summed E-state index contributed by atoms with van der Waals surface area (Å²) in [5.41, 5.74) is 6.12. The number of nitrogens with zero attached hydrogens (tertiary/aromatic N) is 1. The van der Waals surface area contributed by atoms with Gasteiger partial charge in [0.1, 0.15) is 0 Å². The fourth-order valence-corrected chi connectivity index (χ4v) is 4.70. The van der Waals surface area contributed by atoms with Crippen LogP contribution in [-0.4, -0.2) is 42.3 Å². The molecule has 1 saturated heterocycles. The second-order valence-electron chi connectivity index (χ2n) is 6.85. The Morgan fingerprint density at radius 2 is 1.74 bits per heavy atom. The highest BCUT2D eigenvalue weighted by atomic mass is 16.5. The van der Waals surface area contributed by atoms with Gasteiger partial charge in [-0.2, -0.15) is 0 Å². The highest BCUT2D eigenvalue weighted by Crippen LogP contribution is 2.42. The largest absolute Gasteiger partial charge is 0.375 e. The first kappa shape index (κ1) is 13.8. The highest BCUT2D eigenvalue weighted by molar-refractivity contribution is 4.96. The molecule has 1 atom stereocenters. The van der Waals surface area contributed by atoms with Crippen LogP contribution in [0, 0.1) is 0 Å². The van der Waals surface area contributed by atoms with Crippen LogP contribution in [0.3, 0.4) is 0 Å². The summed E-state index contributed by atoms with van der Waals surface area (Å²) >= 11 is 0. The van der Waals surface area contributed by atoms with Crippen molar-refractivity contribution in [2.45, 2.75) is 81.9 Å². The lowest BCUT2D eigenvalue weighted by molar-refractivity contribution is -0.106. The SMILES string of the molecule is NCCN(C1CCCC1)C1CCOC2(CCCC2)C1. The van der Waals surface area contributed by atoms with Gasteiger partial charge >= 0.3 is 0 Å². The molecule has 0 aromatic carbocycles. The summed E-state index contributed by atoms with van der Waals surface area (Å²) in [6, 6.07) is 1.55. The molecule has 1 aliphatic heterocycles. The summed E-state index contributed by atoms with van der Waals surface area (Å²) in [5, 5.41) is 0. The zero-order valence-electron chi connectivity index (χ0n) is 12.3. The smallest absolute Gasteiger partial charge is 0.0697 e. The van der Waals surface area contributed by atoms with E-state index in [1.165, 1.54) is 64.2 Å². The van der Waals surface area contributed by atoms with Crippen molar-refractivity contribution in [3.63, 3.8) is 0 Å². The third-order valence-corrected chi connectivity index (χ3v) is 5.63. The van der Waals surface area contributed by atoms with Crippen molar-refractivity contribution in [2.75, 3.05) is 19.7 Å². The van der Waals surface area contributed by atoms with E-state index in [4.69, 9.17) is 10.5 Å². The molecule has 1 spiro atoms. The standard InChI is InChI=1S/C16H30N2O/c17-10-11-18(14-5-1-2-6-14)15-7-12-19-16(13-15)8-3-4-9-16/h14-15H,1-13,17H2. The quantitative estimate of drug-likeness (QED) is 0.850. The van der Waals surface area contributed by atoms with Gasteiger partial charge in [-0.05, 0) is 38.5 Å². The molecule has 0 radical (unpaired) electrons. The summed E-state index contributed by atoms with van der Waals surface area (Å²) in [7, 11) is 0. The first-order valence-corrected chi connectivity index (χ1v) is 8.43. The van der Waals surface area contributed by atoms with Gasteiger partial charge in [-0.3, -0.25) is 4.90 Å². The Morgan fingerprint density at radius 1 is 1.00 bits per heavy atom. The third-order valence-electron chi connectivity index (χ3n) is 5.63. The fraction of sp³-hybridized carbons (Fsp3) is 1.00. The van der Waals surface area contributed by atoms with E-state index in [9.17, 15) is 0 Å². The van der Waals surface area contributed by atoms with E-state index in [-0.39, 0.29) is 5.60 Å². The molecule has 0 bridgehead atoms. The Balaban J connectivity index is 1.66. The van der Waals surface area contributed by atoms with Crippen molar-refractivity contribution in [3.8, 4) is 0 Å². The van der Waals surface area contributed by atoms with Crippen LogP contribution >= 0.6 is 0 Å². The van der Waals surface area contributed by atoms with Crippen LogP contribution in [0.2, 0.25) is 0 Å². The van der Waals surface area contributed by atoms with Gasteiger partial charge in [-0.25, -0.2) is 0 Å². The number of hydrogen-bond acceptors (Lipinski definition) is 3. The van der Waals surface area contributed by atoms with Crippen LogP contribution in [0.15, 0.2) is 0 Å². The van der Waals surface area contributed by atoms with Crippen LogP contribution in [0.4, 0.5) is 0 Å². The van der Waals surface area contributed by atoms with Gasteiger partial charge in [0.2, 0.25) is 0 Å². The number of hydrogen-bond donors (Lipinski definition) is 1. The van der Waals surface area contributed by atoms with Crippen LogP contribution < -0.4 is 5.73 Å². The second kappa shape index (κ2) is 6.11. The molecular formula is C16H30N2O. The van der Waals surface area contributed by atoms with Gasteiger partial charge in [0, 0.05) is 31.8 Å². The Bertz CT molecular complexity index is 282. The normalized spacial score (nSPS) is 31.6. The van der Waals surface area contributed by atoms with Crippen molar-refractivity contribution < 1.29 is 4.74 Å². The fourth-order valence-electron chi connectivity index (χ4n) is 4.70. The molecule has 19 heavy (non-hydrogen) atoms. The van der Waals surface area contributed by atoms with E-state index in [1.807, 2.05) is 0 Å². The minimum absolute atomic E-state index is 0.244. The van der Waals surface area contributed by atoms with E-state index in [0.717, 1.165) is 31.8 Å². The zero-order chi connectivity index (χ0) is 13.1. The lowest BCUT2D eigenvalue weighted by Gasteiger charge is -2.45. The van der Waals surface area contributed by atoms with Crippen molar-refractivity contribution in [1.29, 1.82) is 0 Å². The van der Waals surface area contributed by atoms with Crippen molar-refractivity contribution in [2.24, 2.45) is 5.73 Å². The van der Waals surface area contributed by atoms with Crippen molar-refractivity contribution in [1.82, 2.24) is 4.90 Å². The number of ether oxygens (including phenoxy) is 1. The maximum absolute atomic E-state index is 6.19. The molecule has 3 heteroatoms. The maximum Gasteiger partial charge on any atom is 0.0697 e. The zero-order valence-corrected chi connectivity index (χ0v) is 12.3.